The lowest BCUT2D eigenvalue weighted by atomic mass is 10.1. The molecule has 0 atom stereocenters. The zero-order chi connectivity index (χ0) is 19.3. The fourth-order valence-corrected chi connectivity index (χ4v) is 3.14. The van der Waals surface area contributed by atoms with E-state index >= 15 is 0 Å². The van der Waals surface area contributed by atoms with Gasteiger partial charge < -0.3 is 10.4 Å². The highest BCUT2D eigenvalue weighted by Gasteiger charge is 2.13. The van der Waals surface area contributed by atoms with Gasteiger partial charge in [0.1, 0.15) is 0 Å². The van der Waals surface area contributed by atoms with E-state index in [9.17, 15) is 18.3 Å². The Morgan fingerprint density at radius 3 is 2.23 bits per heavy atom. The molecule has 0 saturated heterocycles. The average Bonchev–Trinajstić information content (AvgIpc) is 2.54. The number of nitrogens with one attached hydrogen (secondary N) is 1. The molecule has 0 unspecified atom stereocenters. The largest absolute Gasteiger partial charge is 0.861 e. The van der Waals surface area contributed by atoms with E-state index in [0.717, 1.165) is 0 Å². The second-order valence-corrected chi connectivity index (χ2v) is 8.08. The Hall–Kier alpha value is -2.38. The molecule has 0 aliphatic carbocycles. The van der Waals surface area contributed by atoms with Crippen LogP contribution in [0.1, 0.15) is 30.6 Å². The van der Waals surface area contributed by atoms with E-state index in [-0.39, 0.29) is 23.1 Å². The number of amides is 1. The molecule has 0 radical (unpaired) electrons. The van der Waals surface area contributed by atoms with Gasteiger partial charge in [-0.2, -0.15) is 12.8 Å². The first-order chi connectivity index (χ1) is 12.2. The molecule has 2 aromatic rings. The molecule has 0 spiro atoms. The highest BCUT2D eigenvalue weighted by molar-refractivity contribution is 7.90. The number of carbonyl (C=O) groups excluding carboxylic acids is 1. The van der Waals surface area contributed by atoms with Gasteiger partial charge in [-0.3, -0.25) is 4.79 Å². The summed E-state index contributed by atoms with van der Waals surface area (Å²) < 4.78 is 27.5. The van der Waals surface area contributed by atoms with Gasteiger partial charge >= 0.3 is 0 Å². The van der Waals surface area contributed by atoms with Crippen molar-refractivity contribution >= 4 is 39.1 Å². The van der Waals surface area contributed by atoms with Gasteiger partial charge in [-0.1, -0.05) is 25.4 Å². The highest BCUT2D eigenvalue weighted by atomic mass is 35.5. The molecule has 0 aliphatic rings. The second kappa shape index (κ2) is 8.33. The van der Waals surface area contributed by atoms with E-state index in [1.807, 2.05) is 0 Å². The number of benzene rings is 2. The molecular formula is C18H18ClN2O4S-. The Morgan fingerprint density at radius 1 is 1.12 bits per heavy atom. The second-order valence-electron chi connectivity index (χ2n) is 6.04. The summed E-state index contributed by atoms with van der Waals surface area (Å²) >= 11 is 5.78. The zero-order valence-corrected chi connectivity index (χ0v) is 15.8. The number of anilines is 1. The van der Waals surface area contributed by atoms with Gasteiger partial charge in [0.2, 0.25) is 0 Å². The normalized spacial score (nSPS) is 12.2. The molecule has 2 rings (SSSR count). The van der Waals surface area contributed by atoms with Crippen LogP contribution < -0.4 is 10.4 Å². The van der Waals surface area contributed by atoms with Gasteiger partial charge in [-0.05, 0) is 66.8 Å². The summed E-state index contributed by atoms with van der Waals surface area (Å²) in [5.74, 6) is -1.01. The molecule has 138 valence electrons. The minimum absolute atomic E-state index is 0.0203. The van der Waals surface area contributed by atoms with Gasteiger partial charge in [-0.25, -0.2) is 0 Å². The van der Waals surface area contributed by atoms with Crippen LogP contribution in [0.3, 0.4) is 0 Å². The molecule has 6 nitrogen and oxygen atoms in total. The van der Waals surface area contributed by atoms with Crippen molar-refractivity contribution in [1.29, 1.82) is 0 Å². The van der Waals surface area contributed by atoms with E-state index in [4.69, 9.17) is 11.6 Å². The Labute approximate surface area is 157 Å². The molecule has 0 aliphatic heterocycles. The molecule has 1 amide bonds. The SMILES string of the molecule is CC(C)CC([O-])=NS(=O)(=O)c1ccc(NC(=O)c2ccc(Cl)cc2)cc1. The molecule has 8 heteroatoms. The maximum atomic E-state index is 12.1. The molecule has 0 fully saturated rings. The molecule has 0 heterocycles. The van der Waals surface area contributed by atoms with Gasteiger partial charge in [-0.15, -0.1) is 0 Å². The summed E-state index contributed by atoms with van der Waals surface area (Å²) in [7, 11) is -4.06. The summed E-state index contributed by atoms with van der Waals surface area (Å²) in [5, 5.41) is 14.8. The van der Waals surface area contributed by atoms with Crippen LogP contribution in [0.25, 0.3) is 0 Å². The minimum atomic E-state index is -4.06. The third kappa shape index (κ3) is 5.57. The molecule has 0 saturated carbocycles. The van der Waals surface area contributed by atoms with Crippen molar-refractivity contribution in [3.8, 4) is 0 Å². The number of hydrogen-bond donors (Lipinski definition) is 1. The predicted octanol–water partition coefficient (Wildman–Crippen LogP) is 3.09. The number of nitrogens with zero attached hydrogens (tertiary/aromatic N) is 1. The summed E-state index contributed by atoms with van der Waals surface area (Å²) in [4.78, 5) is 12.0. The van der Waals surface area contributed by atoms with E-state index in [1.54, 1.807) is 38.1 Å². The van der Waals surface area contributed by atoms with Crippen molar-refractivity contribution in [3.05, 3.63) is 59.1 Å². The zero-order valence-electron chi connectivity index (χ0n) is 14.3. The highest BCUT2D eigenvalue weighted by Crippen LogP contribution is 2.18. The summed E-state index contributed by atoms with van der Waals surface area (Å²) in [6.07, 6.45) is 0.0640. The van der Waals surface area contributed by atoms with E-state index < -0.39 is 15.9 Å². The summed E-state index contributed by atoms with van der Waals surface area (Å²) in [6, 6.07) is 11.8. The molecule has 0 aromatic heterocycles. The molecule has 0 bridgehead atoms. The average molecular weight is 394 g/mol. The summed E-state index contributed by atoms with van der Waals surface area (Å²) in [6.45, 7) is 3.61. The lowest BCUT2D eigenvalue weighted by Gasteiger charge is -2.12. The van der Waals surface area contributed by atoms with E-state index in [1.165, 1.54) is 24.3 Å². The first-order valence-electron chi connectivity index (χ1n) is 7.85. The lowest BCUT2D eigenvalue weighted by molar-refractivity contribution is -0.219. The third-order valence-corrected chi connectivity index (χ3v) is 4.89. The summed E-state index contributed by atoms with van der Waals surface area (Å²) in [5.41, 5.74) is 0.831. The number of rotatable bonds is 6. The smallest absolute Gasteiger partial charge is 0.281 e. The predicted molar refractivity (Wildman–Crippen MR) is 99.9 cm³/mol. The van der Waals surface area contributed by atoms with E-state index in [2.05, 4.69) is 9.71 Å². The molecule has 26 heavy (non-hydrogen) atoms. The number of sulfonamides is 1. The van der Waals surface area contributed by atoms with Crippen LogP contribution in [0.15, 0.2) is 57.8 Å². The van der Waals surface area contributed by atoms with Crippen LogP contribution in [-0.2, 0) is 10.0 Å². The van der Waals surface area contributed by atoms with Crippen molar-refractivity contribution in [2.45, 2.75) is 25.2 Å². The van der Waals surface area contributed by atoms with Crippen LogP contribution in [0.2, 0.25) is 5.02 Å². The van der Waals surface area contributed by atoms with Gasteiger partial charge in [0, 0.05) is 16.3 Å². The van der Waals surface area contributed by atoms with Crippen LogP contribution in [0, 0.1) is 5.92 Å². The van der Waals surface area contributed by atoms with Crippen molar-refractivity contribution in [2.24, 2.45) is 10.3 Å². The van der Waals surface area contributed by atoms with Crippen molar-refractivity contribution in [3.63, 3.8) is 0 Å². The van der Waals surface area contributed by atoms with Gasteiger partial charge in [0.05, 0.1) is 4.90 Å². The fourth-order valence-electron chi connectivity index (χ4n) is 2.09. The maximum absolute atomic E-state index is 12.1. The topological polar surface area (TPSA) is 98.7 Å². The maximum Gasteiger partial charge on any atom is 0.281 e. The Balaban J connectivity index is 2.12. The molecular weight excluding hydrogens is 376 g/mol. The van der Waals surface area contributed by atoms with Crippen molar-refractivity contribution in [2.75, 3.05) is 5.32 Å². The van der Waals surface area contributed by atoms with E-state index in [0.29, 0.717) is 16.3 Å². The van der Waals surface area contributed by atoms with Crippen LogP contribution >= 0.6 is 11.6 Å². The molecule has 1 N–H and O–H groups in total. The Bertz CT molecular complexity index is 905. The number of hydrogen-bond acceptors (Lipinski definition) is 4. The Kier molecular flexibility index (Phi) is 6.39. The standard InChI is InChI=1S/C18H19ClN2O4S/c1-12(2)11-17(22)21-26(24,25)16-9-7-15(8-10-16)20-18(23)13-3-5-14(19)6-4-13/h3-10,12H,11H2,1-2H3,(H,20,23)(H,21,22)/p-1. The van der Waals surface area contributed by atoms with Gasteiger partial charge in [0.15, 0.2) is 0 Å². The monoisotopic (exact) mass is 393 g/mol. The van der Waals surface area contributed by atoms with Crippen molar-refractivity contribution in [1.82, 2.24) is 0 Å². The van der Waals surface area contributed by atoms with Crippen LogP contribution in [-0.4, -0.2) is 20.2 Å². The van der Waals surface area contributed by atoms with Gasteiger partial charge in [0.25, 0.3) is 15.9 Å². The quantitative estimate of drug-likeness (QED) is 0.602. The van der Waals surface area contributed by atoms with Crippen LogP contribution in [0.4, 0.5) is 5.69 Å². The molecule has 2 aromatic carbocycles. The third-order valence-electron chi connectivity index (χ3n) is 3.32. The number of carbonyl (C=O) groups is 1. The first kappa shape index (κ1) is 19.9. The lowest BCUT2D eigenvalue weighted by Crippen LogP contribution is -2.21. The van der Waals surface area contributed by atoms with Crippen LogP contribution in [0.5, 0.6) is 0 Å². The number of halogens is 1. The Morgan fingerprint density at radius 2 is 1.69 bits per heavy atom. The first-order valence-corrected chi connectivity index (χ1v) is 9.67. The minimum Gasteiger partial charge on any atom is -0.861 e. The van der Waals surface area contributed by atoms with Crippen molar-refractivity contribution < 1.29 is 18.3 Å². The fraction of sp³-hybridized carbons (Fsp3) is 0.222.